The number of amides is 1. The molecule has 4 aromatic heterocycles. The van der Waals surface area contributed by atoms with Gasteiger partial charge in [-0.1, -0.05) is 25.1 Å². The average molecular weight is 515 g/mol. The van der Waals surface area contributed by atoms with Gasteiger partial charge >= 0.3 is 0 Å². The SMILES string of the molecule is CC1CCN(C(=O)Cn2cc(-c3nc4c5c6c(sc5ncn4n3)COC(C)(C)C6)c3ccccc32)CC1. The van der Waals surface area contributed by atoms with E-state index < -0.39 is 0 Å². The molecular formula is C28H30N6O2S. The Kier molecular flexibility index (Phi) is 5.17. The van der Waals surface area contributed by atoms with Gasteiger partial charge in [0.05, 0.1) is 17.6 Å². The van der Waals surface area contributed by atoms with E-state index in [4.69, 9.17) is 19.8 Å². The summed E-state index contributed by atoms with van der Waals surface area (Å²) < 4.78 is 9.89. The van der Waals surface area contributed by atoms with E-state index in [-0.39, 0.29) is 11.5 Å². The fourth-order valence-electron chi connectivity index (χ4n) is 5.72. The molecule has 2 aliphatic rings. The highest BCUT2D eigenvalue weighted by atomic mass is 32.1. The third-order valence-electron chi connectivity index (χ3n) is 7.88. The van der Waals surface area contributed by atoms with Crippen molar-refractivity contribution in [2.24, 2.45) is 5.92 Å². The highest BCUT2D eigenvalue weighted by molar-refractivity contribution is 7.19. The summed E-state index contributed by atoms with van der Waals surface area (Å²) in [4.78, 5) is 27.1. The fraction of sp³-hybridized carbons (Fsp3) is 0.429. The van der Waals surface area contributed by atoms with E-state index in [0.717, 1.165) is 64.7 Å². The van der Waals surface area contributed by atoms with Crippen molar-refractivity contribution >= 4 is 44.0 Å². The minimum Gasteiger partial charge on any atom is -0.370 e. The molecule has 2 aliphatic heterocycles. The molecule has 5 aromatic rings. The molecule has 0 radical (unpaired) electrons. The maximum atomic E-state index is 13.2. The van der Waals surface area contributed by atoms with Crippen LogP contribution in [0.1, 0.15) is 44.1 Å². The quantitative estimate of drug-likeness (QED) is 0.336. The van der Waals surface area contributed by atoms with Crippen LogP contribution in [0.25, 0.3) is 38.2 Å². The Morgan fingerprint density at radius 2 is 2.03 bits per heavy atom. The van der Waals surface area contributed by atoms with Crippen LogP contribution in [0.4, 0.5) is 0 Å². The number of carbonyl (C=O) groups is 1. The Balaban J connectivity index is 1.31. The number of aromatic nitrogens is 5. The molecule has 0 bridgehead atoms. The van der Waals surface area contributed by atoms with Crippen molar-refractivity contribution in [3.05, 3.63) is 47.2 Å². The first-order valence-corrected chi connectivity index (χ1v) is 13.8. The standard InChI is InChI=1S/C28H30N6O2S/c1-17-8-10-32(11-9-17)23(35)14-33-13-20(18-6-4-5-7-21(18)33)25-30-26-24-19-12-28(2,3)36-15-22(19)37-27(24)29-16-34(26)31-25/h4-7,13,16-17H,8-12,14-15H2,1-3H3. The normalized spacial score (nSPS) is 18.2. The maximum Gasteiger partial charge on any atom is 0.242 e. The number of hydrogen-bond donors (Lipinski definition) is 0. The van der Waals surface area contributed by atoms with Gasteiger partial charge in [-0.05, 0) is 44.2 Å². The summed E-state index contributed by atoms with van der Waals surface area (Å²) in [5.41, 5.74) is 3.83. The number of hydrogen-bond acceptors (Lipinski definition) is 6. The zero-order chi connectivity index (χ0) is 25.3. The molecule has 1 saturated heterocycles. The largest absolute Gasteiger partial charge is 0.370 e. The van der Waals surface area contributed by atoms with Gasteiger partial charge in [-0.25, -0.2) is 14.5 Å². The number of carbonyl (C=O) groups excluding carboxylic acids is 1. The van der Waals surface area contributed by atoms with Gasteiger partial charge in [0.2, 0.25) is 5.91 Å². The molecule has 6 heterocycles. The van der Waals surface area contributed by atoms with Crippen LogP contribution in [-0.4, -0.2) is 53.6 Å². The molecule has 0 N–H and O–H groups in total. The Morgan fingerprint density at radius 3 is 2.86 bits per heavy atom. The number of likely N-dealkylation sites (tertiary alicyclic amines) is 1. The van der Waals surface area contributed by atoms with Crippen LogP contribution < -0.4 is 0 Å². The first-order chi connectivity index (χ1) is 17.9. The van der Waals surface area contributed by atoms with Gasteiger partial charge in [-0.2, -0.15) is 0 Å². The number of para-hydroxylation sites is 1. The van der Waals surface area contributed by atoms with Crippen molar-refractivity contribution in [1.82, 2.24) is 29.0 Å². The highest BCUT2D eigenvalue weighted by Gasteiger charge is 2.31. The molecule has 1 aromatic carbocycles. The molecule has 1 fully saturated rings. The highest BCUT2D eigenvalue weighted by Crippen LogP contribution is 2.40. The number of piperidine rings is 1. The number of rotatable bonds is 3. The molecule has 37 heavy (non-hydrogen) atoms. The lowest BCUT2D eigenvalue weighted by molar-refractivity contribution is -0.133. The first-order valence-electron chi connectivity index (χ1n) is 13.0. The lowest BCUT2D eigenvalue weighted by Crippen LogP contribution is -2.39. The molecule has 1 amide bonds. The minimum absolute atomic E-state index is 0.169. The Morgan fingerprint density at radius 1 is 1.22 bits per heavy atom. The van der Waals surface area contributed by atoms with Gasteiger partial charge < -0.3 is 14.2 Å². The van der Waals surface area contributed by atoms with E-state index in [1.54, 1.807) is 22.2 Å². The molecule has 9 heteroatoms. The van der Waals surface area contributed by atoms with Crippen LogP contribution in [0.15, 0.2) is 36.8 Å². The van der Waals surface area contributed by atoms with Crippen LogP contribution in [0.5, 0.6) is 0 Å². The van der Waals surface area contributed by atoms with E-state index in [1.165, 1.54) is 10.4 Å². The summed E-state index contributed by atoms with van der Waals surface area (Å²) in [6, 6.07) is 8.19. The summed E-state index contributed by atoms with van der Waals surface area (Å²) >= 11 is 1.68. The second-order valence-corrected chi connectivity index (χ2v) is 12.2. The Bertz CT molecular complexity index is 1670. The lowest BCUT2D eigenvalue weighted by atomic mass is 9.94. The second kappa shape index (κ2) is 8.36. The predicted molar refractivity (Wildman–Crippen MR) is 145 cm³/mol. The first kappa shape index (κ1) is 22.9. The van der Waals surface area contributed by atoms with E-state index in [9.17, 15) is 4.79 Å². The van der Waals surface area contributed by atoms with Gasteiger partial charge in [0.25, 0.3) is 0 Å². The number of fused-ring (bicyclic) bond motifs is 6. The molecule has 0 atom stereocenters. The van der Waals surface area contributed by atoms with Crippen LogP contribution >= 0.6 is 11.3 Å². The van der Waals surface area contributed by atoms with Gasteiger partial charge in [0, 0.05) is 47.1 Å². The van der Waals surface area contributed by atoms with Crippen LogP contribution in [0.3, 0.4) is 0 Å². The smallest absolute Gasteiger partial charge is 0.242 e. The summed E-state index contributed by atoms with van der Waals surface area (Å²) in [7, 11) is 0. The van der Waals surface area contributed by atoms with Crippen LogP contribution in [-0.2, 0) is 29.1 Å². The summed E-state index contributed by atoms with van der Waals surface area (Å²) in [6.07, 6.45) is 6.76. The van der Waals surface area contributed by atoms with Crippen molar-refractivity contribution < 1.29 is 9.53 Å². The number of thiophene rings is 1. The molecule has 7 rings (SSSR count). The molecule has 0 saturated carbocycles. The lowest BCUT2D eigenvalue weighted by Gasteiger charge is -2.30. The van der Waals surface area contributed by atoms with Crippen molar-refractivity contribution in [3.63, 3.8) is 0 Å². The maximum absolute atomic E-state index is 13.2. The van der Waals surface area contributed by atoms with Crippen LogP contribution in [0, 0.1) is 5.92 Å². The summed E-state index contributed by atoms with van der Waals surface area (Å²) in [5.74, 6) is 1.51. The fourth-order valence-corrected chi connectivity index (χ4v) is 6.78. The summed E-state index contributed by atoms with van der Waals surface area (Å²) in [5, 5.41) is 6.97. The van der Waals surface area contributed by atoms with Crippen molar-refractivity contribution in [2.75, 3.05) is 13.1 Å². The zero-order valence-corrected chi connectivity index (χ0v) is 22.2. The van der Waals surface area contributed by atoms with Gasteiger partial charge in [0.1, 0.15) is 17.7 Å². The minimum atomic E-state index is -0.219. The number of nitrogens with zero attached hydrogens (tertiary/aromatic N) is 6. The van der Waals surface area contributed by atoms with Crippen molar-refractivity contribution in [3.8, 4) is 11.4 Å². The Labute approximate surface area is 218 Å². The van der Waals surface area contributed by atoms with Crippen molar-refractivity contribution in [2.45, 2.75) is 58.8 Å². The van der Waals surface area contributed by atoms with Crippen molar-refractivity contribution in [1.29, 1.82) is 0 Å². The molecule has 0 spiro atoms. The molecule has 0 aliphatic carbocycles. The van der Waals surface area contributed by atoms with E-state index in [0.29, 0.717) is 24.9 Å². The van der Waals surface area contributed by atoms with Gasteiger partial charge in [-0.15, -0.1) is 16.4 Å². The second-order valence-electron chi connectivity index (χ2n) is 11.1. The van der Waals surface area contributed by atoms with Gasteiger partial charge in [-0.3, -0.25) is 4.79 Å². The third-order valence-corrected chi connectivity index (χ3v) is 8.99. The molecule has 0 unspecified atom stereocenters. The third kappa shape index (κ3) is 3.83. The van der Waals surface area contributed by atoms with E-state index >= 15 is 0 Å². The van der Waals surface area contributed by atoms with Gasteiger partial charge in [0.15, 0.2) is 11.5 Å². The topological polar surface area (TPSA) is 77.6 Å². The van der Waals surface area contributed by atoms with E-state index in [2.05, 4.69) is 37.5 Å². The monoisotopic (exact) mass is 514 g/mol. The molecular weight excluding hydrogens is 484 g/mol. The number of benzene rings is 1. The predicted octanol–water partition coefficient (Wildman–Crippen LogP) is 5.07. The summed E-state index contributed by atoms with van der Waals surface area (Å²) in [6.45, 7) is 9.13. The average Bonchev–Trinajstić information content (AvgIpc) is 3.57. The van der Waals surface area contributed by atoms with E-state index in [1.807, 2.05) is 23.2 Å². The van der Waals surface area contributed by atoms with Crippen LogP contribution in [0.2, 0.25) is 0 Å². The molecule has 190 valence electrons. The number of ether oxygens (including phenoxy) is 1. The molecule has 8 nitrogen and oxygen atoms in total. The Hall–Kier alpha value is -3.30. The zero-order valence-electron chi connectivity index (χ0n) is 21.4.